The summed E-state index contributed by atoms with van der Waals surface area (Å²) in [5, 5.41) is 0. The van der Waals surface area contributed by atoms with Crippen LogP contribution >= 0.6 is 0 Å². The molecule has 172 valence electrons. The fourth-order valence-corrected chi connectivity index (χ4v) is 4.86. The molecule has 0 aliphatic carbocycles. The first-order valence-corrected chi connectivity index (χ1v) is 11.1. The first-order valence-electron chi connectivity index (χ1n) is 9.22. The van der Waals surface area contributed by atoms with Gasteiger partial charge in [0, 0.05) is 5.56 Å². The van der Waals surface area contributed by atoms with Gasteiger partial charge in [-0.05, 0) is 24.5 Å². The van der Waals surface area contributed by atoms with Crippen LogP contribution in [-0.2, 0) is 19.9 Å². The van der Waals surface area contributed by atoms with Crippen LogP contribution in [0.4, 0.5) is 34.9 Å². The Labute approximate surface area is 180 Å². The lowest BCUT2D eigenvalue weighted by Gasteiger charge is -2.17. The van der Waals surface area contributed by atoms with Crippen LogP contribution in [0.1, 0.15) is 12.5 Å². The van der Waals surface area contributed by atoms with E-state index in [-0.39, 0.29) is 0 Å². The monoisotopic (exact) mass is 480 g/mol. The average molecular weight is 480 g/mol. The summed E-state index contributed by atoms with van der Waals surface area (Å²) >= 11 is 0. The highest BCUT2D eigenvalue weighted by Crippen LogP contribution is 2.24. The van der Waals surface area contributed by atoms with E-state index in [0.29, 0.717) is 11.5 Å². The van der Waals surface area contributed by atoms with Crippen molar-refractivity contribution in [1.29, 1.82) is 0 Å². The van der Waals surface area contributed by atoms with Gasteiger partial charge in [0.25, 0.3) is 0 Å². The van der Waals surface area contributed by atoms with E-state index in [1.807, 2.05) is 67.6 Å². The van der Waals surface area contributed by atoms with Crippen molar-refractivity contribution in [2.75, 3.05) is 5.75 Å². The normalized spacial score (nSPS) is 13.2. The van der Waals surface area contributed by atoms with Gasteiger partial charge in [0.1, 0.15) is 33.1 Å². The van der Waals surface area contributed by atoms with Crippen molar-refractivity contribution in [1.82, 2.24) is 0 Å². The maximum Gasteiger partial charge on any atom is 0.515 e. The lowest BCUT2D eigenvalue weighted by Crippen LogP contribution is -2.41. The van der Waals surface area contributed by atoms with Gasteiger partial charge in [0.15, 0.2) is 22.3 Å². The minimum Gasteiger partial charge on any atom is -0.445 e. The van der Waals surface area contributed by atoms with Crippen LogP contribution in [0.2, 0.25) is 0 Å². The van der Waals surface area contributed by atoms with Gasteiger partial charge in [-0.1, -0.05) is 52.7 Å². The van der Waals surface area contributed by atoms with Crippen LogP contribution < -0.4 is 5.46 Å². The fourth-order valence-electron chi connectivity index (χ4n) is 2.77. The van der Waals surface area contributed by atoms with E-state index < -0.39 is 51.5 Å². The highest BCUT2D eigenvalue weighted by molar-refractivity contribution is 8.02. The molecule has 0 amide bonds. The van der Waals surface area contributed by atoms with E-state index >= 15 is 0 Å². The van der Waals surface area contributed by atoms with Crippen LogP contribution in [0.5, 0.6) is 0 Å². The van der Waals surface area contributed by atoms with Gasteiger partial charge >= 0.3 is 6.98 Å². The maximum absolute atomic E-state index is 12.9. The minimum absolute atomic E-state index is 0.633. The SMILES string of the molecule is CC[S+](=O)(Cc1ccccc1)c1ccccc1.Fc1c(F)c(F)c([B-](F)(F)F)c(F)c1F. The Morgan fingerprint density at radius 1 is 0.688 bits per heavy atom. The van der Waals surface area contributed by atoms with Crippen molar-refractivity contribution in [2.45, 2.75) is 17.6 Å². The summed E-state index contributed by atoms with van der Waals surface area (Å²) in [6.45, 7) is -4.31. The Morgan fingerprint density at radius 2 is 1.09 bits per heavy atom. The Bertz CT molecular complexity index is 1080. The van der Waals surface area contributed by atoms with Gasteiger partial charge in [-0.25, -0.2) is 22.0 Å². The Kier molecular flexibility index (Phi) is 8.22. The maximum atomic E-state index is 12.9. The van der Waals surface area contributed by atoms with E-state index in [1.54, 1.807) is 0 Å². The predicted molar refractivity (Wildman–Crippen MR) is 108 cm³/mol. The first-order chi connectivity index (χ1) is 14.9. The van der Waals surface area contributed by atoms with Crippen molar-refractivity contribution >= 4 is 22.4 Å². The van der Waals surface area contributed by atoms with E-state index in [2.05, 4.69) is 0 Å². The molecule has 0 aliphatic heterocycles. The van der Waals surface area contributed by atoms with E-state index in [1.165, 1.54) is 0 Å². The Morgan fingerprint density at radius 3 is 1.50 bits per heavy atom. The van der Waals surface area contributed by atoms with Gasteiger partial charge in [0.05, 0.1) is 0 Å². The van der Waals surface area contributed by atoms with Gasteiger partial charge < -0.3 is 12.9 Å². The van der Waals surface area contributed by atoms with Crippen LogP contribution in [0.15, 0.2) is 65.6 Å². The van der Waals surface area contributed by atoms with Crippen LogP contribution in [0.3, 0.4) is 0 Å². The largest absolute Gasteiger partial charge is 0.515 e. The molecule has 0 saturated carbocycles. The summed E-state index contributed by atoms with van der Waals surface area (Å²) in [5.74, 6) is -12.2. The summed E-state index contributed by atoms with van der Waals surface area (Å²) in [7, 11) is -1.96. The summed E-state index contributed by atoms with van der Waals surface area (Å²) in [4.78, 5) is 0.964. The molecule has 3 aromatic carbocycles. The van der Waals surface area contributed by atoms with Crippen molar-refractivity contribution < 1.29 is 39.1 Å². The molecule has 0 saturated heterocycles. The number of benzene rings is 3. The zero-order valence-corrected chi connectivity index (χ0v) is 17.4. The second-order valence-corrected chi connectivity index (χ2v) is 9.56. The van der Waals surface area contributed by atoms with E-state index in [9.17, 15) is 39.1 Å². The Balaban J connectivity index is 0.000000229. The molecule has 0 N–H and O–H groups in total. The lowest BCUT2D eigenvalue weighted by atomic mass is 9.79. The molecule has 0 spiro atoms. The second kappa shape index (κ2) is 10.3. The molecule has 0 heterocycles. The number of rotatable bonds is 5. The van der Waals surface area contributed by atoms with E-state index in [0.717, 1.165) is 10.5 Å². The molecule has 1 nitrogen and oxygen atoms in total. The second-order valence-electron chi connectivity index (χ2n) is 6.60. The Hall–Kier alpha value is -2.69. The topological polar surface area (TPSA) is 17.1 Å². The predicted octanol–water partition coefficient (Wildman–Crippen LogP) is 6.20. The summed E-state index contributed by atoms with van der Waals surface area (Å²) in [6.07, 6.45) is 0. The van der Waals surface area contributed by atoms with Gasteiger partial charge in [0.2, 0.25) is 0 Å². The average Bonchev–Trinajstić information content (AvgIpc) is 2.77. The molecule has 11 heteroatoms. The third-order valence-electron chi connectivity index (χ3n) is 4.45. The van der Waals surface area contributed by atoms with Crippen LogP contribution in [0.25, 0.3) is 0 Å². The number of hydrogen-bond donors (Lipinski definition) is 0. The molecular formula is C21H17BF8OS. The molecule has 0 radical (unpaired) electrons. The third-order valence-corrected chi connectivity index (χ3v) is 7.32. The fraction of sp³-hybridized carbons (Fsp3) is 0.143. The molecule has 1 unspecified atom stereocenters. The quantitative estimate of drug-likeness (QED) is 0.140. The lowest BCUT2D eigenvalue weighted by molar-refractivity contribution is 0.377. The molecule has 3 rings (SSSR count). The van der Waals surface area contributed by atoms with E-state index in [4.69, 9.17) is 0 Å². The highest BCUT2D eigenvalue weighted by Gasteiger charge is 2.37. The molecule has 0 aromatic heterocycles. The minimum atomic E-state index is -6.30. The molecule has 0 bridgehead atoms. The molecule has 1 atom stereocenters. The first kappa shape index (κ1) is 25.6. The molecular weight excluding hydrogens is 463 g/mol. The van der Waals surface area contributed by atoms with Crippen LogP contribution in [0, 0.1) is 29.1 Å². The molecule has 32 heavy (non-hydrogen) atoms. The van der Waals surface area contributed by atoms with Crippen LogP contribution in [-0.4, -0.2) is 12.7 Å². The van der Waals surface area contributed by atoms with Crippen molar-refractivity contribution in [2.24, 2.45) is 0 Å². The summed E-state index contributed by atoms with van der Waals surface area (Å²) in [6, 6.07) is 19.9. The van der Waals surface area contributed by atoms with Gasteiger partial charge in [-0.15, -0.1) is 0 Å². The zero-order valence-electron chi connectivity index (χ0n) is 16.6. The van der Waals surface area contributed by atoms with Gasteiger partial charge in [-0.2, -0.15) is 0 Å². The zero-order chi connectivity index (χ0) is 24.1. The van der Waals surface area contributed by atoms with Crippen molar-refractivity contribution in [3.63, 3.8) is 0 Å². The molecule has 3 aromatic rings. The highest BCUT2D eigenvalue weighted by atomic mass is 32.2. The molecule has 0 fully saturated rings. The molecule has 0 aliphatic rings. The number of halogens is 8. The van der Waals surface area contributed by atoms with Gasteiger partial charge in [-0.3, -0.25) is 0 Å². The smallest absolute Gasteiger partial charge is 0.445 e. The number of hydrogen-bond acceptors (Lipinski definition) is 1. The standard InChI is InChI=1S/C15H17OS.C6BF8/c1-2-17(16,15-11-7-4-8-12-15)13-14-9-5-3-6-10-14;8-2-1(7(13,14)15)3(9)5(11)6(12)4(2)10/h3-12H,2,13H2,1H3;/q+1;-1. The summed E-state index contributed by atoms with van der Waals surface area (Å²) < 4.78 is 111. The summed E-state index contributed by atoms with van der Waals surface area (Å²) in [5.41, 5.74) is -1.59. The van der Waals surface area contributed by atoms with Crippen molar-refractivity contribution in [3.05, 3.63) is 95.3 Å². The van der Waals surface area contributed by atoms with Crippen molar-refractivity contribution in [3.8, 4) is 0 Å². The third kappa shape index (κ3) is 5.76.